The zero-order valence-electron chi connectivity index (χ0n) is 15.2. The average Bonchev–Trinajstić information content (AvgIpc) is 3.19. The molecule has 0 fully saturated rings. The first kappa shape index (κ1) is 18.9. The molecule has 0 radical (unpaired) electrons. The van der Waals surface area contributed by atoms with Gasteiger partial charge in [-0.15, -0.1) is 5.10 Å². The molecule has 0 aliphatic carbocycles. The van der Waals surface area contributed by atoms with Gasteiger partial charge in [-0.2, -0.15) is 4.68 Å². The van der Waals surface area contributed by atoms with Crippen LogP contribution in [-0.2, 0) is 4.79 Å². The summed E-state index contributed by atoms with van der Waals surface area (Å²) in [5, 5.41) is 15.2. The van der Waals surface area contributed by atoms with Gasteiger partial charge >= 0.3 is 0 Å². The van der Waals surface area contributed by atoms with Crippen LogP contribution in [0.2, 0.25) is 0 Å². The molecule has 0 bridgehead atoms. The summed E-state index contributed by atoms with van der Waals surface area (Å²) in [4.78, 5) is 12.2. The van der Waals surface area contributed by atoms with E-state index in [1.165, 1.54) is 17.3 Å². The van der Waals surface area contributed by atoms with Crippen molar-refractivity contribution in [3.05, 3.63) is 60.2 Å². The number of carbonyl (C=O) groups is 1. The predicted molar refractivity (Wildman–Crippen MR) is 104 cm³/mol. The van der Waals surface area contributed by atoms with Crippen molar-refractivity contribution in [1.82, 2.24) is 25.5 Å². The van der Waals surface area contributed by atoms with Gasteiger partial charge in [0, 0.05) is 6.54 Å². The van der Waals surface area contributed by atoms with Gasteiger partial charge < -0.3 is 10.1 Å². The number of nitrogens with one attached hydrogen (secondary N) is 1. The molecular weight excluding hydrogens is 362 g/mol. The van der Waals surface area contributed by atoms with Crippen molar-refractivity contribution in [3.63, 3.8) is 0 Å². The minimum atomic E-state index is -0.0490. The molecule has 8 heteroatoms. The number of hydrogen-bond acceptors (Lipinski definition) is 6. The molecule has 1 aromatic heterocycles. The van der Waals surface area contributed by atoms with Crippen molar-refractivity contribution in [2.24, 2.45) is 0 Å². The van der Waals surface area contributed by atoms with E-state index in [4.69, 9.17) is 4.74 Å². The fourth-order valence-corrected chi connectivity index (χ4v) is 3.22. The normalized spacial score (nSPS) is 11.8. The second kappa shape index (κ2) is 9.18. The standard InChI is InChI=1S/C19H21N5O2S/c1-14(15-6-4-3-5-7-15)12-20-18(25)13-27-19-21-22-23-24(19)16-8-10-17(26-2)11-9-16/h3-11,14H,12-13H2,1-2H3,(H,20,25)/t14-/m0/s1. The molecule has 7 nitrogen and oxygen atoms in total. The molecule has 3 aromatic rings. The van der Waals surface area contributed by atoms with E-state index in [0.717, 1.165) is 11.4 Å². The van der Waals surface area contributed by atoms with E-state index in [1.54, 1.807) is 11.8 Å². The average molecular weight is 383 g/mol. The first-order valence-corrected chi connectivity index (χ1v) is 9.53. The van der Waals surface area contributed by atoms with Crippen molar-refractivity contribution >= 4 is 17.7 Å². The van der Waals surface area contributed by atoms with Crippen LogP contribution in [-0.4, -0.2) is 45.5 Å². The summed E-state index contributed by atoms with van der Waals surface area (Å²) in [5.74, 6) is 1.21. The fourth-order valence-electron chi connectivity index (χ4n) is 2.50. The van der Waals surface area contributed by atoms with Crippen LogP contribution in [0.1, 0.15) is 18.4 Å². The van der Waals surface area contributed by atoms with E-state index in [0.29, 0.717) is 11.7 Å². The summed E-state index contributed by atoms with van der Waals surface area (Å²) >= 11 is 1.30. The van der Waals surface area contributed by atoms with Crippen LogP contribution in [0.4, 0.5) is 0 Å². The van der Waals surface area contributed by atoms with Crippen LogP contribution >= 0.6 is 11.8 Å². The molecule has 0 unspecified atom stereocenters. The van der Waals surface area contributed by atoms with Gasteiger partial charge in [0.25, 0.3) is 0 Å². The monoisotopic (exact) mass is 383 g/mol. The van der Waals surface area contributed by atoms with Crippen molar-refractivity contribution in [2.75, 3.05) is 19.4 Å². The Morgan fingerprint density at radius 2 is 1.93 bits per heavy atom. The quantitative estimate of drug-likeness (QED) is 0.602. The van der Waals surface area contributed by atoms with Crippen molar-refractivity contribution < 1.29 is 9.53 Å². The molecule has 140 valence electrons. The summed E-state index contributed by atoms with van der Waals surface area (Å²) in [6, 6.07) is 17.5. The number of carbonyl (C=O) groups excluding carboxylic acids is 1. The lowest BCUT2D eigenvalue weighted by atomic mass is 10.0. The van der Waals surface area contributed by atoms with Crippen LogP contribution in [0, 0.1) is 0 Å². The number of nitrogens with zero attached hydrogens (tertiary/aromatic N) is 4. The van der Waals surface area contributed by atoms with Gasteiger partial charge in [-0.05, 0) is 46.2 Å². The number of rotatable bonds is 8. The van der Waals surface area contributed by atoms with E-state index in [9.17, 15) is 4.79 Å². The summed E-state index contributed by atoms with van der Waals surface area (Å²) in [5.41, 5.74) is 2.01. The zero-order valence-corrected chi connectivity index (χ0v) is 16.0. The maximum absolute atomic E-state index is 12.2. The molecule has 2 aromatic carbocycles. The Kier molecular flexibility index (Phi) is 6.43. The van der Waals surface area contributed by atoms with Crippen LogP contribution in [0.15, 0.2) is 59.8 Å². The molecule has 1 amide bonds. The third-order valence-electron chi connectivity index (χ3n) is 4.06. The molecule has 0 aliphatic rings. The highest BCUT2D eigenvalue weighted by molar-refractivity contribution is 7.99. The molecule has 1 N–H and O–H groups in total. The number of ether oxygens (including phenoxy) is 1. The Labute approximate surface area is 162 Å². The largest absolute Gasteiger partial charge is 0.497 e. The summed E-state index contributed by atoms with van der Waals surface area (Å²) in [7, 11) is 1.62. The molecule has 0 aliphatic heterocycles. The third kappa shape index (κ3) is 5.07. The zero-order chi connectivity index (χ0) is 19.1. The SMILES string of the molecule is COc1ccc(-n2nnnc2SCC(=O)NC[C@H](C)c2ccccc2)cc1. The molecule has 0 spiro atoms. The molecule has 3 rings (SSSR count). The van der Waals surface area contributed by atoms with Crippen molar-refractivity contribution in [2.45, 2.75) is 18.0 Å². The third-order valence-corrected chi connectivity index (χ3v) is 4.98. The number of tetrazole rings is 1. The Hall–Kier alpha value is -2.87. The number of methoxy groups -OCH3 is 1. The maximum Gasteiger partial charge on any atom is 0.230 e. The predicted octanol–water partition coefficient (Wildman–Crippen LogP) is 2.68. The second-order valence-electron chi connectivity index (χ2n) is 5.98. The van der Waals surface area contributed by atoms with E-state index in [-0.39, 0.29) is 17.6 Å². The second-order valence-corrected chi connectivity index (χ2v) is 6.92. The Morgan fingerprint density at radius 1 is 1.19 bits per heavy atom. The van der Waals surface area contributed by atoms with Gasteiger partial charge in [0.15, 0.2) is 0 Å². The minimum Gasteiger partial charge on any atom is -0.497 e. The fraction of sp³-hybridized carbons (Fsp3) is 0.263. The van der Waals surface area contributed by atoms with Gasteiger partial charge in [-0.3, -0.25) is 4.79 Å². The van der Waals surface area contributed by atoms with E-state index >= 15 is 0 Å². The smallest absolute Gasteiger partial charge is 0.230 e. The molecular formula is C19H21N5O2S. The molecule has 0 saturated heterocycles. The highest BCUT2D eigenvalue weighted by Crippen LogP contribution is 2.20. The molecule has 0 saturated carbocycles. The van der Waals surface area contributed by atoms with Crippen molar-refractivity contribution in [3.8, 4) is 11.4 Å². The number of benzene rings is 2. The summed E-state index contributed by atoms with van der Waals surface area (Å²) < 4.78 is 6.76. The maximum atomic E-state index is 12.2. The highest BCUT2D eigenvalue weighted by atomic mass is 32.2. The van der Waals surface area contributed by atoms with E-state index in [2.05, 4.69) is 39.9 Å². The summed E-state index contributed by atoms with van der Waals surface area (Å²) in [6.45, 7) is 2.68. The van der Waals surface area contributed by atoms with Crippen molar-refractivity contribution in [1.29, 1.82) is 0 Å². The van der Waals surface area contributed by atoms with E-state index in [1.807, 2.05) is 42.5 Å². The number of amides is 1. The number of aromatic nitrogens is 4. The lowest BCUT2D eigenvalue weighted by Gasteiger charge is -2.12. The van der Waals surface area contributed by atoms with Crippen LogP contribution in [0.5, 0.6) is 5.75 Å². The molecule has 1 heterocycles. The molecule has 27 heavy (non-hydrogen) atoms. The lowest BCUT2D eigenvalue weighted by molar-refractivity contribution is -0.118. The lowest BCUT2D eigenvalue weighted by Crippen LogP contribution is -2.29. The van der Waals surface area contributed by atoms with Crippen LogP contribution in [0.25, 0.3) is 5.69 Å². The van der Waals surface area contributed by atoms with Gasteiger partial charge in [-0.1, -0.05) is 49.0 Å². The van der Waals surface area contributed by atoms with Gasteiger partial charge in [-0.25, -0.2) is 0 Å². The minimum absolute atomic E-state index is 0.0490. The highest BCUT2D eigenvalue weighted by Gasteiger charge is 2.13. The molecule has 1 atom stereocenters. The van der Waals surface area contributed by atoms with E-state index < -0.39 is 0 Å². The van der Waals surface area contributed by atoms with Gasteiger partial charge in [0.05, 0.1) is 18.6 Å². The topological polar surface area (TPSA) is 81.9 Å². The van der Waals surface area contributed by atoms with Gasteiger partial charge in [0.2, 0.25) is 11.1 Å². The number of hydrogen-bond donors (Lipinski definition) is 1. The summed E-state index contributed by atoms with van der Waals surface area (Å²) in [6.07, 6.45) is 0. The Balaban J connectivity index is 1.53. The Morgan fingerprint density at radius 3 is 2.63 bits per heavy atom. The Bertz CT molecular complexity index is 867. The number of thioether (sulfide) groups is 1. The van der Waals surface area contributed by atoms with Crippen LogP contribution < -0.4 is 10.1 Å². The first-order chi connectivity index (χ1) is 13.2. The van der Waals surface area contributed by atoms with Gasteiger partial charge in [0.1, 0.15) is 5.75 Å². The van der Waals surface area contributed by atoms with Crippen LogP contribution in [0.3, 0.4) is 0 Å². The first-order valence-electron chi connectivity index (χ1n) is 8.54.